The zero-order valence-corrected chi connectivity index (χ0v) is 76.8. The smallest absolute Gasteiger partial charge is 0.399 e. The lowest BCUT2D eigenvalue weighted by Crippen LogP contribution is -2.41. The number of thiazole rings is 5. The number of nitrogens with one attached hydrogen (secondary N) is 2. The molecule has 0 spiro atoms. The normalized spacial score (nSPS) is 12.1. The third-order valence-electron chi connectivity index (χ3n) is 17.3. The molecule has 27 nitrogen and oxygen atoms in total. The Hall–Kier alpha value is -10.8. The summed E-state index contributed by atoms with van der Waals surface area (Å²) in [6.07, 6.45) is 25.4. The van der Waals surface area contributed by atoms with Gasteiger partial charge in [-0.05, 0) is 223 Å². The number of carbonyl (C=O) groups is 2. The molecule has 121 heavy (non-hydrogen) atoms. The van der Waals surface area contributed by atoms with Gasteiger partial charge in [0.15, 0.2) is 3.92 Å². The van der Waals surface area contributed by atoms with Crippen molar-refractivity contribution in [2.24, 2.45) is 0 Å². The van der Waals surface area contributed by atoms with Gasteiger partial charge in [0.05, 0.1) is 49.1 Å². The average Bonchev–Trinajstić information content (AvgIpc) is 1.59. The third kappa shape index (κ3) is 25.2. The van der Waals surface area contributed by atoms with E-state index in [1.165, 1.54) is 36.9 Å². The van der Waals surface area contributed by atoms with Gasteiger partial charge in [-0.3, -0.25) is 14.7 Å². The van der Waals surface area contributed by atoms with E-state index < -0.39 is 45.5 Å². The topological polar surface area (TPSA) is 359 Å². The number of carbonyl (C=O) groups excluding carboxylic acids is 2. The molecule has 14 aromatic heterocycles. The van der Waals surface area contributed by atoms with Crippen molar-refractivity contribution in [2.45, 2.75) is 108 Å². The summed E-state index contributed by atoms with van der Waals surface area (Å²) in [6, 6.07) is 20.8. The Morgan fingerprint density at radius 1 is 0.438 bits per heavy atom. The van der Waals surface area contributed by atoms with Crippen LogP contribution in [0.2, 0.25) is 0 Å². The standard InChI is InChI=1S/C20H15F2N5OS.2C13H13N5S.C11H17BN2O2.C8H8BrN3S.C7H3ClF2O.C4H5BrN2.C4H4BrNS/c1-11-8-24-20(29-11)27-10-14(12(2)26-27)13-6-7-17(23-9-13)25-19(28)18-15(21)4-3-5-16(18)22;2*1-8-5-16-13(19-8)18-7-11(9(2)17-18)10-3-4-12(14)15-6-10;1-10(2)11(3,4)16-12(15-10)8-5-6-9(13)14-7-8;1-5-3-10-8(13-5)12-4-7(9)6(2)11-12;8-7(11)6-4(9)2-1-3-5(6)10;1-3-4(5)2-6-7-3;1-3-2-6-4(5)7-3/h3-10H,1-2H3,(H,23,25,28);2*3-7H,1-2H3,(H2,14,15);5-7H,1-4H3,(H2,13,14);3-4H,1-2H3;1-3H;2H,1H3,(H,6,7);2H,1H3. The Morgan fingerprint density at radius 2 is 0.802 bits per heavy atom. The molecular weight excluding hydrogens is 1870 g/mol. The second-order valence-corrected chi connectivity index (χ2v) is 36.6. The molecule has 1 aliphatic rings. The van der Waals surface area contributed by atoms with Crippen molar-refractivity contribution in [2.75, 3.05) is 22.5 Å². The zero-order valence-electron chi connectivity index (χ0n) is 67.2. The number of anilines is 4. The number of benzene rings is 2. The summed E-state index contributed by atoms with van der Waals surface area (Å²) in [4.78, 5) is 66.0. The van der Waals surface area contributed by atoms with Gasteiger partial charge in [-0.25, -0.2) is 81.1 Å². The maximum Gasteiger partial charge on any atom is 0.496 e. The largest absolute Gasteiger partial charge is 0.496 e. The maximum atomic E-state index is 13.7. The van der Waals surface area contributed by atoms with Crippen LogP contribution in [0.1, 0.15) is 101 Å². The van der Waals surface area contributed by atoms with Gasteiger partial charge in [-0.2, -0.15) is 25.5 Å². The van der Waals surface area contributed by atoms with Gasteiger partial charge < -0.3 is 31.8 Å². The summed E-state index contributed by atoms with van der Waals surface area (Å²) in [6.45, 7) is 27.9. The number of aryl methyl sites for hydroxylation is 10. The second-order valence-electron chi connectivity index (χ2n) is 27.2. The van der Waals surface area contributed by atoms with E-state index in [0.29, 0.717) is 17.5 Å². The molecule has 626 valence electrons. The van der Waals surface area contributed by atoms with Gasteiger partial charge in [-0.1, -0.05) is 18.2 Å². The minimum atomic E-state index is -1.12. The molecule has 1 aliphatic heterocycles. The Bertz CT molecular complexity index is 5940. The highest BCUT2D eigenvalue weighted by atomic mass is 79.9. The van der Waals surface area contributed by atoms with E-state index in [4.69, 9.17) is 38.1 Å². The first-order valence-corrected chi connectivity index (χ1v) is 42.9. The summed E-state index contributed by atoms with van der Waals surface area (Å²) in [5.41, 5.74) is 26.1. The molecule has 8 N–H and O–H groups in total. The first-order chi connectivity index (χ1) is 57.4. The summed E-state index contributed by atoms with van der Waals surface area (Å²) in [5.74, 6) is -2.92. The molecule has 2 aromatic carbocycles. The highest BCUT2D eigenvalue weighted by molar-refractivity contribution is 9.11. The van der Waals surface area contributed by atoms with Crippen molar-refractivity contribution < 1.29 is 36.5 Å². The molecule has 0 radical (unpaired) electrons. The van der Waals surface area contributed by atoms with Gasteiger partial charge in [0.1, 0.15) is 57.7 Å². The molecule has 0 saturated carbocycles. The first kappa shape index (κ1) is 92.5. The predicted molar refractivity (Wildman–Crippen MR) is 482 cm³/mol. The highest BCUT2D eigenvalue weighted by Crippen LogP contribution is 2.37. The monoisotopic (exact) mass is 1940 g/mol. The molecule has 1 fully saturated rings. The van der Waals surface area contributed by atoms with Crippen molar-refractivity contribution in [3.8, 4) is 53.9 Å². The number of aromatic amines is 1. The fraction of sp³-hybridized carbons (Fsp3) is 0.200. The number of nitrogens with zero attached hydrogens (tertiary/aromatic N) is 18. The molecule has 0 unspecified atom stereocenters. The van der Waals surface area contributed by atoms with E-state index in [0.717, 1.165) is 136 Å². The third-order valence-corrected chi connectivity index (χ3v) is 24.1. The van der Waals surface area contributed by atoms with Crippen LogP contribution in [0.4, 0.5) is 40.8 Å². The van der Waals surface area contributed by atoms with Crippen molar-refractivity contribution in [1.82, 2.24) is 94.2 Å². The Labute approximate surface area is 743 Å². The van der Waals surface area contributed by atoms with Crippen LogP contribution in [0.5, 0.6) is 0 Å². The maximum absolute atomic E-state index is 13.7. The Morgan fingerprint density at radius 3 is 1.07 bits per heavy atom. The van der Waals surface area contributed by atoms with Crippen LogP contribution in [-0.2, 0) is 9.31 Å². The molecule has 15 heterocycles. The quantitative estimate of drug-likeness (QED) is 0.0456. The number of hydrogen-bond acceptors (Lipinski definition) is 26. The Balaban J connectivity index is 0.000000151. The number of aromatic nitrogens is 19. The van der Waals surface area contributed by atoms with E-state index in [-0.39, 0.29) is 24.1 Å². The minimum absolute atomic E-state index is 0.182. The number of nitrogen functional groups attached to an aromatic ring is 3. The van der Waals surface area contributed by atoms with E-state index in [9.17, 15) is 27.2 Å². The molecule has 0 bridgehead atoms. The first-order valence-electron chi connectivity index (χ1n) is 36.1. The van der Waals surface area contributed by atoms with Gasteiger partial charge in [0.25, 0.3) is 11.1 Å². The predicted octanol–water partition coefficient (Wildman–Crippen LogP) is 19.4. The van der Waals surface area contributed by atoms with E-state index in [1.807, 2.05) is 165 Å². The number of H-pyrrole nitrogens is 1. The van der Waals surface area contributed by atoms with Gasteiger partial charge in [0.2, 0.25) is 20.5 Å². The van der Waals surface area contributed by atoms with E-state index in [2.05, 4.69) is 129 Å². The molecule has 1 saturated heterocycles. The van der Waals surface area contributed by atoms with Crippen LogP contribution in [0.3, 0.4) is 0 Å². The molecule has 0 atom stereocenters. The van der Waals surface area contributed by atoms with Gasteiger partial charge in [-0.15, -0.1) is 56.7 Å². The molecule has 16 aromatic rings. The molecule has 1 amide bonds. The van der Waals surface area contributed by atoms with Crippen LogP contribution in [0, 0.1) is 92.5 Å². The van der Waals surface area contributed by atoms with Crippen molar-refractivity contribution >= 4 is 163 Å². The number of pyridine rings is 4. The lowest BCUT2D eigenvalue weighted by Gasteiger charge is -2.32. The number of nitrogens with two attached hydrogens (primary N) is 3. The SMILES string of the molecule is CC1(C)OB(c2ccc(N)nc2)OC1(C)C.Cc1[nH]ncc1Br.Cc1cnc(-n2cc(-c3ccc(N)nc3)c(C)n2)s1.Cc1cnc(-n2cc(-c3ccc(N)nc3)c(C)n2)s1.Cc1cnc(-n2cc(-c3ccc(NC(=O)c4c(F)cccc4F)nc3)c(C)n2)s1.Cc1cnc(-n2cc(Br)c(C)n2)s1.Cc1cnc(Br)s1.O=C(Cl)c1c(F)cccc1F. The van der Waals surface area contributed by atoms with Crippen LogP contribution < -0.4 is 28.0 Å². The molecule has 0 aliphatic carbocycles. The fourth-order valence-corrected chi connectivity index (χ4v) is 15.1. The van der Waals surface area contributed by atoms with Crippen molar-refractivity contribution in [3.63, 3.8) is 0 Å². The van der Waals surface area contributed by atoms with Crippen LogP contribution >= 0.6 is 116 Å². The summed E-state index contributed by atoms with van der Waals surface area (Å²) < 4.78 is 74.5. The van der Waals surface area contributed by atoms with Crippen LogP contribution in [-0.4, -0.2) is 124 Å². The highest BCUT2D eigenvalue weighted by Gasteiger charge is 2.52. The van der Waals surface area contributed by atoms with Gasteiger partial charge in [0, 0.05) is 149 Å². The van der Waals surface area contributed by atoms with Gasteiger partial charge >= 0.3 is 7.12 Å². The number of amides is 1. The lowest BCUT2D eigenvalue weighted by atomic mass is 9.80. The van der Waals surface area contributed by atoms with Crippen LogP contribution in [0.15, 0.2) is 185 Å². The summed E-state index contributed by atoms with van der Waals surface area (Å²) >= 11 is 22.9. The minimum Gasteiger partial charge on any atom is -0.399 e. The summed E-state index contributed by atoms with van der Waals surface area (Å²) in [5, 5.41) is 29.0. The number of halogens is 8. The van der Waals surface area contributed by atoms with Crippen molar-refractivity contribution in [3.05, 3.63) is 272 Å². The van der Waals surface area contributed by atoms with E-state index in [1.54, 1.807) is 132 Å². The molecule has 41 heteroatoms. The molecular formula is C80H78BBr3ClF4N23O4S5. The van der Waals surface area contributed by atoms with Crippen molar-refractivity contribution in [1.29, 1.82) is 0 Å². The second kappa shape index (κ2) is 41.7. The fourth-order valence-electron chi connectivity index (χ4n) is 10.4. The lowest BCUT2D eigenvalue weighted by molar-refractivity contribution is 0.00578. The zero-order chi connectivity index (χ0) is 87.7. The number of hydrogen-bond donors (Lipinski definition) is 5. The average molecular weight is 1950 g/mol. The molecule has 17 rings (SSSR count). The van der Waals surface area contributed by atoms with Crippen LogP contribution in [0.25, 0.3) is 53.9 Å². The summed E-state index contributed by atoms with van der Waals surface area (Å²) in [7, 11) is -0.363. The Kier molecular flexibility index (Phi) is 31.8. The van der Waals surface area contributed by atoms with E-state index >= 15 is 0 Å². The number of rotatable bonds is 11.